The molecule has 78 heavy (non-hydrogen) atoms. The Morgan fingerprint density at radius 2 is 0.385 bits per heavy atom. The zero-order chi connectivity index (χ0) is 55.1. The van der Waals surface area contributed by atoms with Crippen molar-refractivity contribution >= 4 is 92.8 Å². The molecule has 5 aromatic rings. The highest BCUT2D eigenvalue weighted by atomic mass is 16.2. The van der Waals surface area contributed by atoms with Crippen LogP contribution in [0.1, 0.15) is 105 Å². The lowest BCUT2D eigenvalue weighted by Gasteiger charge is -2.33. The van der Waals surface area contributed by atoms with Gasteiger partial charge in [0.25, 0.3) is 0 Å². The van der Waals surface area contributed by atoms with Crippen LogP contribution < -0.4 is 39.2 Å². The molecule has 16 heteroatoms. The summed E-state index contributed by atoms with van der Waals surface area (Å²) in [4.78, 5) is 128. The highest BCUT2D eigenvalue weighted by Gasteiger charge is 2.40. The van der Waals surface area contributed by atoms with E-state index in [1.807, 2.05) is 0 Å². The molecule has 8 fully saturated rings. The van der Waals surface area contributed by atoms with E-state index in [2.05, 4.69) is 0 Å². The molecule has 0 saturated carbocycles. The van der Waals surface area contributed by atoms with E-state index in [1.54, 1.807) is 112 Å². The van der Waals surface area contributed by atoms with Gasteiger partial charge in [-0.25, -0.2) is 0 Å². The zero-order valence-corrected chi connectivity index (χ0v) is 43.7. The first kappa shape index (κ1) is 47.1. The molecule has 8 saturated heterocycles. The first-order valence-corrected chi connectivity index (χ1v) is 28.0. The first-order valence-electron chi connectivity index (χ1n) is 29.0. The van der Waals surface area contributed by atoms with Gasteiger partial charge in [-0.15, -0.1) is 0 Å². The molecule has 0 N–H and O–H groups in total. The van der Waals surface area contributed by atoms with Crippen LogP contribution in [-0.2, 0) is 38.4 Å². The van der Waals surface area contributed by atoms with Gasteiger partial charge < -0.3 is 39.2 Å². The lowest BCUT2D eigenvalue weighted by Crippen LogP contribution is -2.29. The summed E-state index contributed by atoms with van der Waals surface area (Å²) in [7, 11) is 0. The monoisotopic (exact) mass is 1050 g/mol. The SMILES string of the molecule is [2H]c1c(-c2c(N3CCCC3=O)cccc2N2CCCC2=O)c(-c2c(N3CCCC3=O)cccc2N2CCCC2=O)c([2H])c(-c2c(N3CCCC3=O)cccc2N2CCCC2=O)c1-c1c(N2CCCC2=O)cccc1N1CCCC1=O. The first-order chi connectivity index (χ1) is 38.9. The number of amides is 8. The lowest BCUT2D eigenvalue weighted by molar-refractivity contribution is -0.117. The molecule has 8 amide bonds. The minimum absolute atomic E-state index is 0.125. The van der Waals surface area contributed by atoms with Crippen molar-refractivity contribution in [3.05, 3.63) is 84.9 Å². The van der Waals surface area contributed by atoms with Crippen molar-refractivity contribution in [1.29, 1.82) is 0 Å². The Labute approximate surface area is 455 Å². The second-order valence-corrected chi connectivity index (χ2v) is 21.6. The summed E-state index contributed by atoms with van der Waals surface area (Å²) in [5, 5.41) is 0. The molecule has 8 aliphatic rings. The Morgan fingerprint density at radius 1 is 0.244 bits per heavy atom. The Balaban J connectivity index is 1.30. The fourth-order valence-electron chi connectivity index (χ4n) is 13.4. The van der Waals surface area contributed by atoms with Crippen LogP contribution in [0.15, 0.2) is 84.9 Å². The van der Waals surface area contributed by atoms with E-state index in [1.165, 1.54) is 0 Å². The largest absolute Gasteiger partial charge is 0.312 e. The van der Waals surface area contributed by atoms with E-state index in [-0.39, 0.29) is 133 Å². The van der Waals surface area contributed by atoms with E-state index in [4.69, 9.17) is 0 Å². The molecule has 398 valence electrons. The number of benzene rings is 5. The Hall–Kier alpha value is -8.14. The third-order valence-electron chi connectivity index (χ3n) is 17.0. The number of nitrogens with zero attached hydrogens (tertiary/aromatic N) is 8. The maximum Gasteiger partial charge on any atom is 0.227 e. The van der Waals surface area contributed by atoms with Gasteiger partial charge in [-0.3, -0.25) is 38.4 Å². The number of rotatable bonds is 12. The maximum absolute atomic E-state index is 14.4. The third-order valence-corrected chi connectivity index (χ3v) is 17.0. The number of anilines is 8. The van der Waals surface area contributed by atoms with Crippen LogP contribution in [0.5, 0.6) is 0 Å². The van der Waals surface area contributed by atoms with E-state index in [0.717, 1.165) is 0 Å². The molecular formula is C62H62N8O8. The van der Waals surface area contributed by atoms with Crippen LogP contribution in [0.3, 0.4) is 0 Å². The molecule has 0 aromatic heterocycles. The normalized spacial score (nSPS) is 20.5. The minimum Gasteiger partial charge on any atom is -0.312 e. The summed E-state index contributed by atoms with van der Waals surface area (Å²) in [5.74, 6) is -1.37. The van der Waals surface area contributed by atoms with Gasteiger partial charge in [0.05, 0.1) is 48.2 Å². The molecule has 0 aliphatic carbocycles. The predicted molar refractivity (Wildman–Crippen MR) is 301 cm³/mol. The van der Waals surface area contributed by atoms with Gasteiger partial charge >= 0.3 is 0 Å². The van der Waals surface area contributed by atoms with Crippen LogP contribution >= 0.6 is 0 Å². The predicted octanol–water partition coefficient (Wildman–Crippen LogP) is 9.37. The average Bonchev–Trinajstić information content (AvgIpc) is 4.46. The van der Waals surface area contributed by atoms with Gasteiger partial charge in [0.2, 0.25) is 47.3 Å². The van der Waals surface area contributed by atoms with Crippen LogP contribution in [-0.4, -0.2) is 99.6 Å². The van der Waals surface area contributed by atoms with Gasteiger partial charge in [-0.05, 0) is 134 Å². The van der Waals surface area contributed by atoms with Crippen molar-refractivity contribution in [2.75, 3.05) is 91.6 Å². The zero-order valence-electron chi connectivity index (χ0n) is 45.7. The van der Waals surface area contributed by atoms with Crippen LogP contribution in [0.25, 0.3) is 44.5 Å². The standard InChI is InChI=1S/C62H62N8O8/c71-51-21-5-29-63(51)43-13-1-14-44(64-30-6-22-52(64)72)59(43)39-37-41(61-47(67-33-9-25-55(67)75)17-3-18-48(61)68-34-10-26-56(68)76)42(62-49(69-35-11-27-57(69)77)19-4-20-50(62)70-36-12-28-58(70)78)38-40(39)60-45(65-31-7-23-53(65)73)15-2-16-46(60)66-32-8-24-54(66)74/h1-4,13-20,37-38H,5-12,21-36H2/i37D,38D. The highest BCUT2D eigenvalue weighted by Crippen LogP contribution is 2.57. The number of hydrogen-bond donors (Lipinski definition) is 0. The third kappa shape index (κ3) is 8.24. The molecule has 13 rings (SSSR count). The van der Waals surface area contributed by atoms with Crippen LogP contribution in [0, 0.1) is 0 Å². The van der Waals surface area contributed by atoms with Crippen molar-refractivity contribution < 1.29 is 41.1 Å². The second-order valence-electron chi connectivity index (χ2n) is 21.6. The van der Waals surface area contributed by atoms with E-state index >= 15 is 0 Å². The summed E-state index contributed by atoms with van der Waals surface area (Å²) in [6.07, 6.45) is 6.27. The number of hydrogen-bond acceptors (Lipinski definition) is 8. The minimum atomic E-state index is -0.201. The number of carbonyl (C=O) groups excluding carboxylic acids is 8. The van der Waals surface area contributed by atoms with Crippen LogP contribution in [0.2, 0.25) is 0 Å². The van der Waals surface area contributed by atoms with Gasteiger partial charge in [-0.1, -0.05) is 24.3 Å². The van der Waals surface area contributed by atoms with Crippen LogP contribution in [0.4, 0.5) is 45.5 Å². The smallest absolute Gasteiger partial charge is 0.227 e. The summed E-state index contributed by atoms with van der Waals surface area (Å²) < 4.78 is 23.3. The molecule has 16 nitrogen and oxygen atoms in total. The number of carbonyl (C=O) groups is 8. The Morgan fingerprint density at radius 3 is 0.500 bits per heavy atom. The molecule has 5 aromatic carbocycles. The van der Waals surface area contributed by atoms with E-state index < -0.39 is 0 Å². The quantitative estimate of drug-likeness (QED) is 0.119. The topological polar surface area (TPSA) is 162 Å². The fraction of sp³-hybridized carbons (Fsp3) is 0.387. The summed E-state index contributed by atoms with van der Waals surface area (Å²) in [6.45, 7) is 2.58. The molecule has 0 spiro atoms. The van der Waals surface area contributed by atoms with Gasteiger partial charge in [0, 0.05) is 126 Å². The van der Waals surface area contributed by atoms with Crippen molar-refractivity contribution in [3.8, 4) is 44.5 Å². The van der Waals surface area contributed by atoms with E-state index in [9.17, 15) is 41.1 Å². The maximum atomic E-state index is 14.4. The summed E-state index contributed by atoms with van der Waals surface area (Å²) in [6, 6.07) is 21.2. The molecule has 0 radical (unpaired) electrons. The molecule has 0 unspecified atom stereocenters. The molecule has 8 heterocycles. The van der Waals surface area contributed by atoms with Crippen molar-refractivity contribution in [3.63, 3.8) is 0 Å². The average molecular weight is 1050 g/mol. The van der Waals surface area contributed by atoms with Crippen molar-refractivity contribution in [2.45, 2.75) is 103 Å². The molecular weight excluding hydrogens is 985 g/mol. The van der Waals surface area contributed by atoms with Crippen molar-refractivity contribution in [1.82, 2.24) is 0 Å². The fourth-order valence-corrected chi connectivity index (χ4v) is 13.4. The van der Waals surface area contributed by atoms with E-state index in [0.29, 0.717) is 171 Å². The lowest BCUT2D eigenvalue weighted by atomic mass is 9.81. The molecule has 0 atom stereocenters. The van der Waals surface area contributed by atoms with Gasteiger partial charge in [0.1, 0.15) is 0 Å². The summed E-state index contributed by atoms with van der Waals surface area (Å²) in [5.41, 5.74) is 4.94. The molecule has 8 aliphatic heterocycles. The summed E-state index contributed by atoms with van der Waals surface area (Å²) >= 11 is 0. The highest BCUT2D eigenvalue weighted by molar-refractivity contribution is 6.18. The van der Waals surface area contributed by atoms with Crippen molar-refractivity contribution in [2.24, 2.45) is 0 Å². The molecule has 0 bridgehead atoms. The Kier molecular flexibility index (Phi) is 12.1. The second kappa shape index (κ2) is 20.0. The van der Waals surface area contributed by atoms with Gasteiger partial charge in [0.15, 0.2) is 0 Å². The van der Waals surface area contributed by atoms with Gasteiger partial charge in [-0.2, -0.15) is 0 Å². The Bertz CT molecular complexity index is 2920.